The molecule has 0 aliphatic carbocycles. The van der Waals surface area contributed by atoms with Gasteiger partial charge in [0.2, 0.25) is 0 Å². The summed E-state index contributed by atoms with van der Waals surface area (Å²) in [7, 11) is 0. The summed E-state index contributed by atoms with van der Waals surface area (Å²) in [5, 5.41) is 12.4. The molecule has 1 aromatic rings. The van der Waals surface area contributed by atoms with Crippen LogP contribution in [0.2, 0.25) is 5.02 Å². The van der Waals surface area contributed by atoms with Gasteiger partial charge in [-0.1, -0.05) is 27.5 Å². The zero-order valence-electron chi connectivity index (χ0n) is 9.91. The average Bonchev–Trinajstić information content (AvgIpc) is 2.60. The number of hydrogen-bond acceptors (Lipinski definition) is 3. The maximum atomic E-state index is 11.9. The van der Waals surface area contributed by atoms with Crippen LogP contribution in [-0.2, 0) is 4.79 Å². The summed E-state index contributed by atoms with van der Waals surface area (Å²) in [4.78, 5) is 24.4. The topological polar surface area (TPSA) is 69.6 Å². The largest absolute Gasteiger partial charge is 0.506 e. The van der Waals surface area contributed by atoms with E-state index in [1.165, 1.54) is 12.1 Å². The Morgan fingerprint density at radius 1 is 1.47 bits per heavy atom. The lowest BCUT2D eigenvalue weighted by Crippen LogP contribution is -2.30. The van der Waals surface area contributed by atoms with Crippen molar-refractivity contribution in [2.45, 2.75) is 6.92 Å². The fraction of sp³-hybridized carbons (Fsp3) is 0.167. The number of nitrogens with one attached hydrogen (secondary N) is 1. The minimum atomic E-state index is -0.473. The SMILES string of the molecule is CCN1C(=O)N/C(=C\c2cc(Br)cc(Cl)c2O)C1=O. The quantitative estimate of drug-likeness (QED) is 0.639. The molecule has 0 aromatic heterocycles. The normalized spacial score (nSPS) is 17.2. The number of hydrogen-bond donors (Lipinski definition) is 2. The lowest BCUT2D eigenvalue weighted by atomic mass is 10.1. The minimum Gasteiger partial charge on any atom is -0.506 e. The molecule has 0 saturated carbocycles. The third-order valence-corrected chi connectivity index (χ3v) is 3.38. The van der Waals surface area contributed by atoms with Gasteiger partial charge in [0.15, 0.2) is 0 Å². The molecule has 2 rings (SSSR count). The fourth-order valence-corrected chi connectivity index (χ4v) is 2.54. The van der Waals surface area contributed by atoms with Crippen LogP contribution in [0.1, 0.15) is 12.5 Å². The maximum absolute atomic E-state index is 11.9. The summed E-state index contributed by atoms with van der Waals surface area (Å²) in [5.74, 6) is -0.572. The van der Waals surface area contributed by atoms with Crippen LogP contribution in [0.5, 0.6) is 5.75 Å². The highest BCUT2D eigenvalue weighted by atomic mass is 79.9. The third-order valence-electron chi connectivity index (χ3n) is 2.64. The number of imide groups is 1. The van der Waals surface area contributed by atoms with Crippen LogP contribution in [0.25, 0.3) is 6.08 Å². The summed E-state index contributed by atoms with van der Waals surface area (Å²) in [5.41, 5.74) is 0.456. The van der Waals surface area contributed by atoms with Crippen LogP contribution in [0.4, 0.5) is 4.79 Å². The van der Waals surface area contributed by atoms with Gasteiger partial charge in [-0.25, -0.2) is 4.79 Å². The van der Waals surface area contributed by atoms with Crippen LogP contribution in [0.15, 0.2) is 22.3 Å². The Bertz CT molecular complexity index is 601. The highest BCUT2D eigenvalue weighted by molar-refractivity contribution is 9.10. The Labute approximate surface area is 123 Å². The predicted molar refractivity (Wildman–Crippen MR) is 74.7 cm³/mol. The van der Waals surface area contributed by atoms with E-state index in [0.717, 1.165) is 4.90 Å². The molecule has 1 aliphatic rings. The molecule has 0 bridgehead atoms. The van der Waals surface area contributed by atoms with Gasteiger partial charge in [-0.15, -0.1) is 0 Å². The molecule has 1 saturated heterocycles. The van der Waals surface area contributed by atoms with E-state index in [1.54, 1.807) is 13.0 Å². The number of nitrogens with zero attached hydrogens (tertiary/aromatic N) is 1. The summed E-state index contributed by atoms with van der Waals surface area (Å²) in [6.45, 7) is 1.99. The number of benzene rings is 1. The van der Waals surface area contributed by atoms with Crippen molar-refractivity contribution in [3.63, 3.8) is 0 Å². The fourth-order valence-electron chi connectivity index (χ4n) is 1.71. The van der Waals surface area contributed by atoms with Gasteiger partial charge in [0.05, 0.1) is 5.02 Å². The first-order valence-corrected chi connectivity index (χ1v) is 6.63. The molecule has 100 valence electrons. The first-order valence-electron chi connectivity index (χ1n) is 5.46. The van der Waals surface area contributed by atoms with Crippen molar-refractivity contribution >= 4 is 45.5 Å². The summed E-state index contributed by atoms with van der Waals surface area (Å²) < 4.78 is 0.659. The van der Waals surface area contributed by atoms with Crippen molar-refractivity contribution in [3.05, 3.63) is 32.9 Å². The van der Waals surface area contributed by atoms with E-state index in [1.807, 2.05) is 0 Å². The van der Waals surface area contributed by atoms with Gasteiger partial charge in [0.1, 0.15) is 11.4 Å². The molecule has 1 fully saturated rings. The second-order valence-corrected chi connectivity index (χ2v) is 5.19. The zero-order chi connectivity index (χ0) is 14.2. The van der Waals surface area contributed by atoms with Crippen molar-refractivity contribution in [2.75, 3.05) is 6.54 Å². The summed E-state index contributed by atoms with van der Waals surface area (Å²) >= 11 is 9.08. The number of urea groups is 1. The smallest absolute Gasteiger partial charge is 0.328 e. The minimum absolute atomic E-state index is 0.108. The number of amides is 3. The standard InChI is InChI=1S/C12H10BrClN2O3/c1-2-16-11(18)9(15-12(16)19)4-6-3-7(13)5-8(14)10(6)17/h3-5,17H,2H2,1H3,(H,15,19)/b9-4-. The van der Waals surface area contributed by atoms with Crippen molar-refractivity contribution in [2.24, 2.45) is 0 Å². The van der Waals surface area contributed by atoms with Crippen molar-refractivity contribution in [1.82, 2.24) is 10.2 Å². The van der Waals surface area contributed by atoms with Gasteiger partial charge < -0.3 is 10.4 Å². The van der Waals surface area contributed by atoms with Gasteiger partial charge in [0.25, 0.3) is 5.91 Å². The van der Waals surface area contributed by atoms with Gasteiger partial charge in [-0.3, -0.25) is 9.69 Å². The molecule has 1 aliphatic heterocycles. The molecule has 0 spiro atoms. The van der Waals surface area contributed by atoms with Gasteiger partial charge in [0, 0.05) is 16.6 Å². The molecule has 5 nitrogen and oxygen atoms in total. The Hall–Kier alpha value is -1.53. The highest BCUT2D eigenvalue weighted by Gasteiger charge is 2.32. The van der Waals surface area contributed by atoms with Crippen LogP contribution in [0.3, 0.4) is 0 Å². The van der Waals surface area contributed by atoms with E-state index < -0.39 is 11.9 Å². The molecule has 1 heterocycles. The Morgan fingerprint density at radius 2 is 2.16 bits per heavy atom. The molecule has 0 unspecified atom stereocenters. The second kappa shape index (κ2) is 5.22. The molecule has 19 heavy (non-hydrogen) atoms. The van der Waals surface area contributed by atoms with Crippen LogP contribution < -0.4 is 5.32 Å². The van der Waals surface area contributed by atoms with E-state index in [4.69, 9.17) is 11.6 Å². The number of likely N-dealkylation sites (N-methyl/N-ethyl adjacent to an activating group) is 1. The van der Waals surface area contributed by atoms with Crippen molar-refractivity contribution < 1.29 is 14.7 Å². The Kier molecular flexibility index (Phi) is 3.82. The number of rotatable bonds is 2. The molecule has 3 amide bonds. The molecule has 0 radical (unpaired) electrons. The van der Waals surface area contributed by atoms with Crippen LogP contribution in [-0.4, -0.2) is 28.5 Å². The van der Waals surface area contributed by atoms with Crippen molar-refractivity contribution in [3.8, 4) is 5.75 Å². The molecule has 7 heteroatoms. The van der Waals surface area contributed by atoms with E-state index in [0.29, 0.717) is 10.0 Å². The average molecular weight is 346 g/mol. The molecule has 2 N–H and O–H groups in total. The number of carbonyl (C=O) groups excluding carboxylic acids is 2. The van der Waals surface area contributed by atoms with Gasteiger partial charge in [-0.2, -0.15) is 0 Å². The molecule has 0 atom stereocenters. The van der Waals surface area contributed by atoms with E-state index in [-0.39, 0.29) is 23.0 Å². The van der Waals surface area contributed by atoms with E-state index >= 15 is 0 Å². The number of aromatic hydroxyl groups is 1. The number of phenols is 1. The number of carbonyl (C=O) groups is 2. The van der Waals surface area contributed by atoms with E-state index in [2.05, 4.69) is 21.2 Å². The monoisotopic (exact) mass is 344 g/mol. The molecule has 1 aromatic carbocycles. The Morgan fingerprint density at radius 3 is 2.74 bits per heavy atom. The summed E-state index contributed by atoms with van der Waals surface area (Å²) in [6.07, 6.45) is 1.39. The van der Waals surface area contributed by atoms with Gasteiger partial charge in [-0.05, 0) is 25.1 Å². The summed E-state index contributed by atoms with van der Waals surface area (Å²) in [6, 6.07) is 2.66. The number of halogens is 2. The highest BCUT2D eigenvalue weighted by Crippen LogP contribution is 2.33. The lowest BCUT2D eigenvalue weighted by Gasteiger charge is -2.06. The number of phenolic OH excluding ortho intramolecular Hbond substituents is 1. The van der Waals surface area contributed by atoms with Crippen molar-refractivity contribution in [1.29, 1.82) is 0 Å². The third kappa shape index (κ3) is 2.59. The predicted octanol–water partition coefficient (Wildman–Crippen LogP) is 2.72. The Balaban J connectivity index is 2.43. The van der Waals surface area contributed by atoms with E-state index in [9.17, 15) is 14.7 Å². The first-order chi connectivity index (χ1) is 8.93. The maximum Gasteiger partial charge on any atom is 0.328 e. The van der Waals surface area contributed by atoms with Crippen LogP contribution >= 0.6 is 27.5 Å². The molecular weight excluding hydrogens is 336 g/mol. The molecular formula is C12H10BrClN2O3. The zero-order valence-corrected chi connectivity index (χ0v) is 12.2. The van der Waals surface area contributed by atoms with Crippen LogP contribution in [0, 0.1) is 0 Å². The van der Waals surface area contributed by atoms with Gasteiger partial charge >= 0.3 is 6.03 Å². The second-order valence-electron chi connectivity index (χ2n) is 3.86. The first kappa shape index (κ1) is 13.9. The lowest BCUT2D eigenvalue weighted by molar-refractivity contribution is -0.122.